The molecular formula is C47H27N3O2. The number of benzene rings is 8. The minimum Gasteiger partial charge on any atom is -0.455 e. The minimum absolute atomic E-state index is 0.539. The lowest BCUT2D eigenvalue weighted by molar-refractivity contribution is 0.669. The Kier molecular flexibility index (Phi) is 6.18. The molecule has 0 amide bonds. The van der Waals surface area contributed by atoms with Crippen molar-refractivity contribution in [3.63, 3.8) is 0 Å². The smallest absolute Gasteiger partial charge is 0.167 e. The predicted molar refractivity (Wildman–Crippen MR) is 211 cm³/mol. The lowest BCUT2D eigenvalue weighted by Gasteiger charge is -2.12. The Balaban J connectivity index is 1.21. The monoisotopic (exact) mass is 665 g/mol. The molecule has 11 aromatic rings. The molecule has 3 aromatic heterocycles. The third-order valence-corrected chi connectivity index (χ3v) is 10.1. The first-order valence-corrected chi connectivity index (χ1v) is 17.4. The molecule has 8 aromatic carbocycles. The van der Waals surface area contributed by atoms with Gasteiger partial charge >= 0.3 is 0 Å². The fourth-order valence-electron chi connectivity index (χ4n) is 7.68. The van der Waals surface area contributed by atoms with Gasteiger partial charge in [0, 0.05) is 38.2 Å². The van der Waals surface area contributed by atoms with Crippen LogP contribution in [0.5, 0.6) is 0 Å². The number of para-hydroxylation sites is 3. The van der Waals surface area contributed by atoms with Gasteiger partial charge in [-0.15, -0.1) is 0 Å². The number of fused-ring (bicyclic) bond motifs is 8. The van der Waals surface area contributed by atoms with Crippen LogP contribution in [0.25, 0.3) is 111 Å². The van der Waals surface area contributed by atoms with E-state index in [0.29, 0.717) is 17.5 Å². The van der Waals surface area contributed by atoms with Crippen LogP contribution < -0.4 is 0 Å². The summed E-state index contributed by atoms with van der Waals surface area (Å²) >= 11 is 0. The molecule has 0 fully saturated rings. The van der Waals surface area contributed by atoms with Gasteiger partial charge in [-0.25, -0.2) is 15.0 Å². The van der Waals surface area contributed by atoms with Crippen LogP contribution in [0.1, 0.15) is 0 Å². The van der Waals surface area contributed by atoms with Gasteiger partial charge in [0.25, 0.3) is 0 Å². The summed E-state index contributed by atoms with van der Waals surface area (Å²) in [5, 5.41) is 8.65. The Labute approximate surface area is 297 Å². The molecule has 0 spiro atoms. The second-order valence-corrected chi connectivity index (χ2v) is 13.1. The van der Waals surface area contributed by atoms with Gasteiger partial charge in [-0.05, 0) is 63.5 Å². The molecule has 0 saturated heterocycles. The van der Waals surface area contributed by atoms with Crippen molar-refractivity contribution in [2.24, 2.45) is 0 Å². The summed E-state index contributed by atoms with van der Waals surface area (Å²) in [5.41, 5.74) is 7.88. The maximum atomic E-state index is 6.73. The van der Waals surface area contributed by atoms with Crippen LogP contribution in [0.4, 0.5) is 0 Å². The van der Waals surface area contributed by atoms with Gasteiger partial charge in [0.2, 0.25) is 0 Å². The molecule has 0 saturated carbocycles. The van der Waals surface area contributed by atoms with E-state index in [2.05, 4.69) is 115 Å². The number of furan rings is 2. The average Bonchev–Trinajstić information content (AvgIpc) is 3.79. The first-order valence-electron chi connectivity index (χ1n) is 17.4. The zero-order valence-electron chi connectivity index (χ0n) is 27.7. The molecule has 5 nitrogen and oxygen atoms in total. The Morgan fingerprint density at radius 1 is 0.327 bits per heavy atom. The molecule has 0 aliphatic heterocycles. The van der Waals surface area contributed by atoms with Crippen LogP contribution in [0.15, 0.2) is 173 Å². The quantitative estimate of drug-likeness (QED) is 0.187. The summed E-state index contributed by atoms with van der Waals surface area (Å²) in [6, 6.07) is 56.3. The third-order valence-electron chi connectivity index (χ3n) is 10.1. The normalized spacial score (nSPS) is 11.8. The fourth-order valence-corrected chi connectivity index (χ4v) is 7.68. The summed E-state index contributed by atoms with van der Waals surface area (Å²) in [6.07, 6.45) is 0. The molecule has 242 valence electrons. The van der Waals surface area contributed by atoms with Gasteiger partial charge < -0.3 is 8.83 Å². The summed E-state index contributed by atoms with van der Waals surface area (Å²) in [6.45, 7) is 0. The van der Waals surface area contributed by atoms with Crippen molar-refractivity contribution in [3.8, 4) is 45.3 Å². The molecule has 0 aliphatic carbocycles. The standard InChI is InChI=1S/C47H27N3O2/c1-2-13-30-27-31(24-23-28(30)11-1)45-48-46(50-47(49-45)39-20-10-19-35-34-16-5-7-21-40(34)51-43(35)39)38-26-25-36(33-18-9-14-29-12-3-4-15-32(29)33)44-42(38)37-17-6-8-22-41(37)52-44/h1-27H. The molecular weight excluding hydrogens is 639 g/mol. The molecule has 52 heavy (non-hydrogen) atoms. The molecule has 3 heterocycles. The van der Waals surface area contributed by atoms with Gasteiger partial charge in [-0.2, -0.15) is 0 Å². The second-order valence-electron chi connectivity index (χ2n) is 13.1. The van der Waals surface area contributed by atoms with Crippen molar-refractivity contribution in [1.82, 2.24) is 15.0 Å². The van der Waals surface area contributed by atoms with E-state index in [-0.39, 0.29) is 0 Å². The number of rotatable bonds is 4. The zero-order chi connectivity index (χ0) is 34.2. The number of hydrogen-bond donors (Lipinski definition) is 0. The first kappa shape index (κ1) is 28.7. The first-order chi connectivity index (χ1) is 25.8. The summed E-state index contributed by atoms with van der Waals surface area (Å²) in [5.74, 6) is 1.68. The van der Waals surface area contributed by atoms with E-state index in [1.807, 2.05) is 48.5 Å². The minimum atomic E-state index is 0.539. The van der Waals surface area contributed by atoms with Gasteiger partial charge in [-0.3, -0.25) is 0 Å². The average molecular weight is 666 g/mol. The molecule has 11 rings (SSSR count). The van der Waals surface area contributed by atoms with Crippen molar-refractivity contribution < 1.29 is 8.83 Å². The highest BCUT2D eigenvalue weighted by atomic mass is 16.3. The molecule has 0 radical (unpaired) electrons. The molecule has 0 aliphatic rings. The van der Waals surface area contributed by atoms with Crippen LogP contribution in [-0.4, -0.2) is 15.0 Å². The Bertz CT molecular complexity index is 3200. The summed E-state index contributed by atoms with van der Waals surface area (Å²) in [4.78, 5) is 15.6. The molecule has 0 N–H and O–H groups in total. The van der Waals surface area contributed by atoms with Crippen molar-refractivity contribution >= 4 is 65.4 Å². The number of hydrogen-bond acceptors (Lipinski definition) is 5. The van der Waals surface area contributed by atoms with Crippen LogP contribution in [-0.2, 0) is 0 Å². The Morgan fingerprint density at radius 3 is 1.77 bits per heavy atom. The van der Waals surface area contributed by atoms with E-state index >= 15 is 0 Å². The lowest BCUT2D eigenvalue weighted by atomic mass is 9.94. The molecule has 5 heteroatoms. The van der Waals surface area contributed by atoms with Gasteiger partial charge in [0.1, 0.15) is 22.3 Å². The van der Waals surface area contributed by atoms with E-state index in [4.69, 9.17) is 23.8 Å². The highest BCUT2D eigenvalue weighted by Gasteiger charge is 2.22. The van der Waals surface area contributed by atoms with Crippen molar-refractivity contribution in [3.05, 3.63) is 164 Å². The van der Waals surface area contributed by atoms with Crippen LogP contribution in [0, 0.1) is 0 Å². The second kappa shape index (κ2) is 11.2. The highest BCUT2D eigenvalue weighted by molar-refractivity contribution is 6.17. The molecule has 0 unspecified atom stereocenters. The van der Waals surface area contributed by atoms with Crippen LogP contribution in [0.2, 0.25) is 0 Å². The Hall–Kier alpha value is -7.11. The van der Waals surface area contributed by atoms with Crippen molar-refractivity contribution in [2.75, 3.05) is 0 Å². The topological polar surface area (TPSA) is 65.0 Å². The predicted octanol–water partition coefficient (Wildman–Crippen LogP) is 12.6. The van der Waals surface area contributed by atoms with Gasteiger partial charge in [0.15, 0.2) is 17.5 Å². The lowest BCUT2D eigenvalue weighted by Crippen LogP contribution is -2.01. The van der Waals surface area contributed by atoms with E-state index < -0.39 is 0 Å². The van der Waals surface area contributed by atoms with Gasteiger partial charge in [-0.1, -0.05) is 127 Å². The van der Waals surface area contributed by atoms with E-state index in [0.717, 1.165) is 82.5 Å². The zero-order valence-corrected chi connectivity index (χ0v) is 27.7. The van der Waals surface area contributed by atoms with Crippen molar-refractivity contribution in [2.45, 2.75) is 0 Å². The third kappa shape index (κ3) is 4.39. The van der Waals surface area contributed by atoms with E-state index in [1.54, 1.807) is 0 Å². The number of aromatic nitrogens is 3. The van der Waals surface area contributed by atoms with E-state index in [1.165, 1.54) is 10.8 Å². The maximum absolute atomic E-state index is 6.73. The summed E-state index contributed by atoms with van der Waals surface area (Å²) in [7, 11) is 0. The maximum Gasteiger partial charge on any atom is 0.167 e. The van der Waals surface area contributed by atoms with Gasteiger partial charge in [0.05, 0.1) is 5.56 Å². The highest BCUT2D eigenvalue weighted by Crippen LogP contribution is 2.43. The van der Waals surface area contributed by atoms with Crippen molar-refractivity contribution in [1.29, 1.82) is 0 Å². The summed E-state index contributed by atoms with van der Waals surface area (Å²) < 4.78 is 13.2. The molecule has 0 bridgehead atoms. The SMILES string of the molecule is c1ccc2cc(-c3nc(-c4cccc5c4oc4ccccc45)nc(-c4ccc(-c5cccc6ccccc56)c5oc6ccccc6c45)n3)ccc2c1. The Morgan fingerprint density at radius 2 is 0.904 bits per heavy atom. The molecule has 0 atom stereocenters. The van der Waals surface area contributed by atoms with E-state index in [9.17, 15) is 0 Å². The largest absolute Gasteiger partial charge is 0.455 e. The van der Waals surface area contributed by atoms with Crippen LogP contribution in [0.3, 0.4) is 0 Å². The number of nitrogens with zero attached hydrogens (tertiary/aromatic N) is 3. The van der Waals surface area contributed by atoms with Crippen LogP contribution >= 0.6 is 0 Å². The fraction of sp³-hybridized carbons (Fsp3) is 0.